The second-order valence-electron chi connectivity index (χ2n) is 4.67. The maximum atomic E-state index is 13.7. The van der Waals surface area contributed by atoms with Crippen LogP contribution < -0.4 is 0 Å². The summed E-state index contributed by atoms with van der Waals surface area (Å²) in [7, 11) is 0. The second-order valence-corrected chi connectivity index (χ2v) is 5.80. The van der Waals surface area contributed by atoms with Crippen molar-refractivity contribution in [3.05, 3.63) is 35.4 Å². The van der Waals surface area contributed by atoms with Gasteiger partial charge in [-0.1, -0.05) is 57.8 Å². The van der Waals surface area contributed by atoms with Crippen LogP contribution in [0.4, 0.5) is 8.78 Å². The summed E-state index contributed by atoms with van der Waals surface area (Å²) in [5.74, 6) is -1.13. The molecule has 17 heavy (non-hydrogen) atoms. The number of benzene rings is 1. The molecule has 0 unspecified atom stereocenters. The molecule has 0 fully saturated rings. The summed E-state index contributed by atoms with van der Waals surface area (Å²) in [6, 6.07) is 4.36. The SMILES string of the molecule is CC(C)C(CBr)(CBr)Cc1cccc(F)c1F. The van der Waals surface area contributed by atoms with Gasteiger partial charge in [0.2, 0.25) is 0 Å². The molecule has 0 aliphatic heterocycles. The van der Waals surface area contributed by atoms with E-state index in [0.29, 0.717) is 17.9 Å². The Balaban J connectivity index is 3.06. The number of hydrogen-bond donors (Lipinski definition) is 0. The number of rotatable bonds is 5. The van der Waals surface area contributed by atoms with Crippen LogP contribution in [-0.2, 0) is 6.42 Å². The van der Waals surface area contributed by atoms with Gasteiger partial charge in [0.25, 0.3) is 0 Å². The topological polar surface area (TPSA) is 0 Å². The molecule has 0 saturated carbocycles. The number of hydrogen-bond acceptors (Lipinski definition) is 0. The normalized spacial score (nSPS) is 12.2. The summed E-state index contributed by atoms with van der Waals surface area (Å²) in [6.45, 7) is 4.19. The van der Waals surface area contributed by atoms with Gasteiger partial charge in [-0.05, 0) is 29.4 Å². The van der Waals surface area contributed by atoms with Gasteiger partial charge in [-0.2, -0.15) is 0 Å². The quantitative estimate of drug-likeness (QED) is 0.645. The Bertz CT molecular complexity index is 374. The minimum atomic E-state index is -0.774. The largest absolute Gasteiger partial charge is 0.204 e. The Hall–Kier alpha value is 0.0400. The zero-order chi connectivity index (χ0) is 13.1. The van der Waals surface area contributed by atoms with Crippen LogP contribution >= 0.6 is 31.9 Å². The molecule has 0 bridgehead atoms. The molecular weight excluding hydrogens is 354 g/mol. The predicted octanol–water partition coefficient (Wildman–Crippen LogP) is 4.94. The Morgan fingerprint density at radius 3 is 2.24 bits per heavy atom. The summed E-state index contributed by atoms with van der Waals surface area (Å²) in [6.07, 6.45) is 0.519. The third-order valence-electron chi connectivity index (χ3n) is 3.33. The molecule has 0 radical (unpaired) electrons. The molecule has 0 saturated heterocycles. The first-order chi connectivity index (χ1) is 7.96. The maximum absolute atomic E-state index is 13.7. The van der Waals surface area contributed by atoms with E-state index in [2.05, 4.69) is 45.7 Å². The van der Waals surface area contributed by atoms with Gasteiger partial charge in [0.1, 0.15) is 0 Å². The smallest absolute Gasteiger partial charge is 0.162 e. The molecule has 0 nitrogen and oxygen atoms in total. The molecule has 4 heteroatoms. The third kappa shape index (κ3) is 3.28. The van der Waals surface area contributed by atoms with Gasteiger partial charge in [-0.15, -0.1) is 0 Å². The van der Waals surface area contributed by atoms with Crippen LogP contribution in [-0.4, -0.2) is 10.7 Å². The van der Waals surface area contributed by atoms with Crippen LogP contribution in [0, 0.1) is 23.0 Å². The van der Waals surface area contributed by atoms with Gasteiger partial charge in [-0.3, -0.25) is 0 Å². The molecule has 0 amide bonds. The van der Waals surface area contributed by atoms with Crippen molar-refractivity contribution in [2.75, 3.05) is 10.7 Å². The van der Waals surface area contributed by atoms with E-state index in [1.165, 1.54) is 0 Å². The van der Waals surface area contributed by atoms with Crippen LogP contribution in [0.1, 0.15) is 19.4 Å². The predicted molar refractivity (Wildman–Crippen MR) is 74.9 cm³/mol. The van der Waals surface area contributed by atoms with Crippen molar-refractivity contribution < 1.29 is 8.78 Å². The fourth-order valence-electron chi connectivity index (χ4n) is 1.71. The van der Waals surface area contributed by atoms with E-state index in [1.807, 2.05) is 0 Å². The van der Waals surface area contributed by atoms with Crippen molar-refractivity contribution in [3.8, 4) is 0 Å². The molecule has 0 N–H and O–H groups in total. The standard InChI is InChI=1S/C13H16Br2F2/c1-9(2)13(7-14,8-15)6-10-4-3-5-11(16)12(10)17/h3-5,9H,6-8H2,1-2H3. The highest BCUT2D eigenvalue weighted by molar-refractivity contribution is 9.09. The first-order valence-corrected chi connectivity index (χ1v) is 7.76. The Morgan fingerprint density at radius 1 is 1.18 bits per heavy atom. The monoisotopic (exact) mass is 368 g/mol. The van der Waals surface area contributed by atoms with E-state index in [4.69, 9.17) is 0 Å². The Labute approximate surface area is 118 Å². The van der Waals surface area contributed by atoms with E-state index >= 15 is 0 Å². The Kier molecular flexibility index (Phi) is 5.58. The molecule has 0 aliphatic rings. The van der Waals surface area contributed by atoms with E-state index in [9.17, 15) is 8.78 Å². The van der Waals surface area contributed by atoms with Gasteiger partial charge in [0.15, 0.2) is 11.6 Å². The summed E-state index contributed by atoms with van der Waals surface area (Å²) < 4.78 is 26.8. The summed E-state index contributed by atoms with van der Waals surface area (Å²) in [5.41, 5.74) is 0.340. The van der Waals surface area contributed by atoms with E-state index in [0.717, 1.165) is 16.7 Å². The average molecular weight is 370 g/mol. The minimum absolute atomic E-state index is 0.103. The Morgan fingerprint density at radius 2 is 1.76 bits per heavy atom. The zero-order valence-electron chi connectivity index (χ0n) is 9.94. The van der Waals surface area contributed by atoms with Crippen LogP contribution in [0.5, 0.6) is 0 Å². The summed E-state index contributed by atoms with van der Waals surface area (Å²) in [4.78, 5) is 0. The lowest BCUT2D eigenvalue weighted by atomic mass is 9.76. The highest BCUT2D eigenvalue weighted by atomic mass is 79.9. The molecule has 0 spiro atoms. The van der Waals surface area contributed by atoms with Gasteiger partial charge >= 0.3 is 0 Å². The van der Waals surface area contributed by atoms with Gasteiger partial charge < -0.3 is 0 Å². The average Bonchev–Trinajstić information content (AvgIpc) is 2.31. The lowest BCUT2D eigenvalue weighted by molar-refractivity contribution is 0.263. The molecule has 0 heterocycles. The summed E-state index contributed by atoms with van der Waals surface area (Å²) >= 11 is 6.98. The lowest BCUT2D eigenvalue weighted by Crippen LogP contribution is -2.34. The second kappa shape index (κ2) is 6.28. The molecule has 1 rings (SSSR count). The highest BCUT2D eigenvalue weighted by Gasteiger charge is 2.33. The van der Waals surface area contributed by atoms with Crippen molar-refractivity contribution in [1.82, 2.24) is 0 Å². The first-order valence-electron chi connectivity index (χ1n) is 5.51. The zero-order valence-corrected chi connectivity index (χ0v) is 13.1. The molecule has 1 aromatic carbocycles. The highest BCUT2D eigenvalue weighted by Crippen LogP contribution is 2.36. The molecule has 1 aromatic rings. The first kappa shape index (κ1) is 15.1. The van der Waals surface area contributed by atoms with Crippen molar-refractivity contribution >= 4 is 31.9 Å². The number of halogens is 4. The molecule has 0 aliphatic carbocycles. The maximum Gasteiger partial charge on any atom is 0.162 e. The molecule has 0 atom stereocenters. The fourth-order valence-corrected chi connectivity index (χ4v) is 4.33. The van der Waals surface area contributed by atoms with E-state index < -0.39 is 11.6 Å². The molecule has 0 aromatic heterocycles. The van der Waals surface area contributed by atoms with Crippen LogP contribution in [0.3, 0.4) is 0 Å². The van der Waals surface area contributed by atoms with Crippen molar-refractivity contribution in [3.63, 3.8) is 0 Å². The van der Waals surface area contributed by atoms with Crippen LogP contribution in [0.2, 0.25) is 0 Å². The minimum Gasteiger partial charge on any atom is -0.204 e. The fraction of sp³-hybridized carbons (Fsp3) is 0.538. The van der Waals surface area contributed by atoms with E-state index in [1.54, 1.807) is 12.1 Å². The molecular formula is C13H16Br2F2. The van der Waals surface area contributed by atoms with Crippen molar-refractivity contribution in [2.45, 2.75) is 20.3 Å². The van der Waals surface area contributed by atoms with Crippen LogP contribution in [0.25, 0.3) is 0 Å². The van der Waals surface area contributed by atoms with Crippen LogP contribution in [0.15, 0.2) is 18.2 Å². The van der Waals surface area contributed by atoms with Crippen molar-refractivity contribution in [1.29, 1.82) is 0 Å². The van der Waals surface area contributed by atoms with E-state index in [-0.39, 0.29) is 5.41 Å². The van der Waals surface area contributed by atoms with Crippen molar-refractivity contribution in [2.24, 2.45) is 11.3 Å². The summed E-state index contributed by atoms with van der Waals surface area (Å²) in [5, 5.41) is 1.50. The lowest BCUT2D eigenvalue weighted by Gasteiger charge is -2.34. The van der Waals surface area contributed by atoms with Gasteiger partial charge in [0, 0.05) is 10.7 Å². The number of alkyl halides is 2. The van der Waals surface area contributed by atoms with Gasteiger partial charge in [0.05, 0.1) is 0 Å². The molecule has 96 valence electrons. The van der Waals surface area contributed by atoms with Gasteiger partial charge in [-0.25, -0.2) is 8.78 Å². The third-order valence-corrected chi connectivity index (χ3v) is 5.56.